The predicted molar refractivity (Wildman–Crippen MR) is 82.9 cm³/mol. The highest BCUT2D eigenvalue weighted by atomic mass is 16.3. The molecule has 1 fully saturated rings. The van der Waals surface area contributed by atoms with Crippen LogP contribution >= 0.6 is 0 Å². The predicted octanol–water partition coefficient (Wildman–Crippen LogP) is 4.65. The van der Waals surface area contributed by atoms with Gasteiger partial charge in [0.2, 0.25) is 0 Å². The highest BCUT2D eigenvalue weighted by Gasteiger charge is 2.25. The summed E-state index contributed by atoms with van der Waals surface area (Å²) < 4.78 is 5.89. The van der Waals surface area contributed by atoms with Crippen LogP contribution in [0.1, 0.15) is 30.9 Å². The van der Waals surface area contributed by atoms with E-state index in [1.165, 1.54) is 35.6 Å². The number of nitrogens with one attached hydrogen (secondary N) is 1. The molecule has 102 valence electrons. The van der Waals surface area contributed by atoms with Gasteiger partial charge in [-0.25, -0.2) is 0 Å². The van der Waals surface area contributed by atoms with E-state index in [0.29, 0.717) is 6.04 Å². The summed E-state index contributed by atoms with van der Waals surface area (Å²) >= 11 is 0. The molecule has 1 unspecified atom stereocenters. The van der Waals surface area contributed by atoms with E-state index in [1.807, 2.05) is 12.1 Å². The van der Waals surface area contributed by atoms with Gasteiger partial charge in [-0.15, -0.1) is 0 Å². The molecule has 2 nitrogen and oxygen atoms in total. The minimum Gasteiger partial charge on any atom is -0.456 e. The molecule has 4 rings (SSSR count). The van der Waals surface area contributed by atoms with E-state index in [2.05, 4.69) is 42.7 Å². The molecule has 0 amide bonds. The van der Waals surface area contributed by atoms with Crippen LogP contribution in [0.2, 0.25) is 0 Å². The van der Waals surface area contributed by atoms with Crippen LogP contribution in [0.15, 0.2) is 46.9 Å². The van der Waals surface area contributed by atoms with Gasteiger partial charge in [0.15, 0.2) is 0 Å². The Hall–Kier alpha value is -1.80. The van der Waals surface area contributed by atoms with Crippen LogP contribution in [0.4, 0.5) is 0 Å². The zero-order chi connectivity index (χ0) is 13.5. The molecule has 0 bridgehead atoms. The van der Waals surface area contributed by atoms with Crippen molar-refractivity contribution in [1.29, 1.82) is 0 Å². The number of para-hydroxylation sites is 1. The second kappa shape index (κ2) is 4.64. The molecule has 3 aromatic rings. The van der Waals surface area contributed by atoms with Gasteiger partial charge >= 0.3 is 0 Å². The first-order valence-electron chi connectivity index (χ1n) is 7.43. The fourth-order valence-electron chi connectivity index (χ4n) is 3.07. The van der Waals surface area contributed by atoms with E-state index < -0.39 is 0 Å². The highest BCUT2D eigenvalue weighted by Crippen LogP contribution is 2.38. The van der Waals surface area contributed by atoms with Gasteiger partial charge in [-0.05, 0) is 43.1 Å². The van der Waals surface area contributed by atoms with Gasteiger partial charge in [0.1, 0.15) is 11.2 Å². The van der Waals surface area contributed by atoms with E-state index in [9.17, 15) is 0 Å². The molecule has 0 spiro atoms. The average molecular weight is 265 g/mol. The van der Waals surface area contributed by atoms with E-state index in [-0.39, 0.29) is 0 Å². The molecular formula is C18H19NO. The Kier molecular flexibility index (Phi) is 2.78. The van der Waals surface area contributed by atoms with Crippen molar-refractivity contribution in [1.82, 2.24) is 5.32 Å². The van der Waals surface area contributed by atoms with Crippen LogP contribution in [-0.4, -0.2) is 7.05 Å². The second-order valence-corrected chi connectivity index (χ2v) is 5.87. The highest BCUT2D eigenvalue weighted by molar-refractivity contribution is 6.05. The monoisotopic (exact) mass is 265 g/mol. The number of hydrogen-bond acceptors (Lipinski definition) is 2. The second-order valence-electron chi connectivity index (χ2n) is 5.87. The van der Waals surface area contributed by atoms with E-state index in [0.717, 1.165) is 17.1 Å². The number of benzene rings is 2. The summed E-state index contributed by atoms with van der Waals surface area (Å²) in [5.41, 5.74) is 3.33. The van der Waals surface area contributed by atoms with Crippen LogP contribution in [0, 0.1) is 5.92 Å². The van der Waals surface area contributed by atoms with Crippen LogP contribution in [0.25, 0.3) is 21.9 Å². The lowest BCUT2D eigenvalue weighted by molar-refractivity contribution is 0.515. The lowest BCUT2D eigenvalue weighted by atomic mass is 9.99. The van der Waals surface area contributed by atoms with E-state index >= 15 is 0 Å². The first-order valence-corrected chi connectivity index (χ1v) is 7.43. The zero-order valence-electron chi connectivity index (χ0n) is 11.7. The summed E-state index contributed by atoms with van der Waals surface area (Å²) in [5, 5.41) is 5.91. The largest absolute Gasteiger partial charge is 0.456 e. The van der Waals surface area contributed by atoms with Crippen molar-refractivity contribution in [2.75, 3.05) is 7.05 Å². The van der Waals surface area contributed by atoms with Crippen LogP contribution in [-0.2, 0) is 0 Å². The Morgan fingerprint density at radius 1 is 1.10 bits per heavy atom. The standard InChI is InChI=1S/C18H19NO/c1-19-16(10-12-6-7-12)13-8-9-18-15(11-13)14-4-2-3-5-17(14)20-18/h2-5,8-9,11-12,16,19H,6-7,10H2,1H3. The summed E-state index contributed by atoms with van der Waals surface area (Å²) in [5.74, 6) is 0.921. The molecular weight excluding hydrogens is 246 g/mol. The molecule has 1 aliphatic rings. The SMILES string of the molecule is CNC(CC1CC1)c1ccc2oc3ccccc3c2c1. The Morgan fingerprint density at radius 2 is 1.90 bits per heavy atom. The maximum atomic E-state index is 5.89. The molecule has 20 heavy (non-hydrogen) atoms. The Bertz CT molecular complexity index is 754. The molecule has 1 N–H and O–H groups in total. The third kappa shape index (κ3) is 2.01. The molecule has 1 saturated carbocycles. The maximum absolute atomic E-state index is 5.89. The lowest BCUT2D eigenvalue weighted by Gasteiger charge is -2.16. The lowest BCUT2D eigenvalue weighted by Crippen LogP contribution is -2.16. The van der Waals surface area contributed by atoms with Gasteiger partial charge in [-0.3, -0.25) is 0 Å². The smallest absolute Gasteiger partial charge is 0.135 e. The normalized spacial score (nSPS) is 16.9. The van der Waals surface area contributed by atoms with Gasteiger partial charge in [-0.1, -0.05) is 37.1 Å². The van der Waals surface area contributed by atoms with E-state index in [4.69, 9.17) is 4.42 Å². The van der Waals surface area contributed by atoms with E-state index in [1.54, 1.807) is 0 Å². The Labute approximate surface area is 118 Å². The van der Waals surface area contributed by atoms with Crippen LogP contribution in [0.3, 0.4) is 0 Å². The summed E-state index contributed by atoms with van der Waals surface area (Å²) in [6.07, 6.45) is 4.04. The van der Waals surface area contributed by atoms with Crippen molar-refractivity contribution < 1.29 is 4.42 Å². The minimum absolute atomic E-state index is 0.459. The summed E-state index contributed by atoms with van der Waals surface area (Å²) in [6.45, 7) is 0. The molecule has 2 aromatic carbocycles. The average Bonchev–Trinajstić information content (AvgIpc) is 3.23. The number of furan rings is 1. The Morgan fingerprint density at radius 3 is 2.70 bits per heavy atom. The van der Waals surface area contributed by atoms with Crippen LogP contribution in [0.5, 0.6) is 0 Å². The van der Waals surface area contributed by atoms with Crippen molar-refractivity contribution in [3.63, 3.8) is 0 Å². The van der Waals surface area contributed by atoms with Crippen molar-refractivity contribution in [3.05, 3.63) is 48.0 Å². The molecule has 2 heteroatoms. The van der Waals surface area contributed by atoms with Crippen molar-refractivity contribution >= 4 is 21.9 Å². The summed E-state index contributed by atoms with van der Waals surface area (Å²) in [4.78, 5) is 0. The molecule has 0 saturated heterocycles. The number of rotatable bonds is 4. The van der Waals surface area contributed by atoms with Gasteiger partial charge < -0.3 is 9.73 Å². The van der Waals surface area contributed by atoms with Crippen molar-refractivity contribution in [2.24, 2.45) is 5.92 Å². The van der Waals surface area contributed by atoms with Gasteiger partial charge in [0.05, 0.1) is 0 Å². The quantitative estimate of drug-likeness (QED) is 0.743. The first kappa shape index (κ1) is 12.0. The fourth-order valence-corrected chi connectivity index (χ4v) is 3.07. The summed E-state index contributed by atoms with van der Waals surface area (Å²) in [7, 11) is 2.06. The maximum Gasteiger partial charge on any atom is 0.135 e. The van der Waals surface area contributed by atoms with Gasteiger partial charge in [-0.2, -0.15) is 0 Å². The third-order valence-electron chi connectivity index (χ3n) is 4.42. The van der Waals surface area contributed by atoms with Crippen molar-refractivity contribution in [2.45, 2.75) is 25.3 Å². The minimum atomic E-state index is 0.459. The first-order chi connectivity index (χ1) is 9.85. The number of fused-ring (bicyclic) bond motifs is 3. The number of hydrogen-bond donors (Lipinski definition) is 1. The molecule has 0 radical (unpaired) electrons. The summed E-state index contributed by atoms with van der Waals surface area (Å²) in [6, 6.07) is 15.3. The molecule has 0 aliphatic heterocycles. The zero-order valence-corrected chi connectivity index (χ0v) is 11.7. The molecule has 1 aliphatic carbocycles. The third-order valence-corrected chi connectivity index (χ3v) is 4.42. The topological polar surface area (TPSA) is 25.2 Å². The fraction of sp³-hybridized carbons (Fsp3) is 0.333. The Balaban J connectivity index is 1.81. The molecule has 1 heterocycles. The molecule has 1 atom stereocenters. The van der Waals surface area contributed by atoms with Gasteiger partial charge in [0.25, 0.3) is 0 Å². The van der Waals surface area contributed by atoms with Crippen LogP contribution < -0.4 is 5.32 Å². The molecule has 1 aromatic heterocycles. The van der Waals surface area contributed by atoms with Gasteiger partial charge in [0, 0.05) is 16.8 Å². The van der Waals surface area contributed by atoms with Crippen molar-refractivity contribution in [3.8, 4) is 0 Å².